The topological polar surface area (TPSA) is 47.6 Å². The highest BCUT2D eigenvalue weighted by Crippen LogP contribution is 2.04. The molecule has 0 aliphatic rings. The lowest BCUT2D eigenvalue weighted by Gasteiger charge is -2.08. The molecule has 4 heteroatoms. The molecule has 0 aromatic heterocycles. The second kappa shape index (κ2) is 5.46. The Balaban J connectivity index is 4.44. The van der Waals surface area contributed by atoms with Crippen LogP contribution in [-0.2, 0) is 14.3 Å². The van der Waals surface area contributed by atoms with Gasteiger partial charge >= 0.3 is 0 Å². The molecule has 1 N–H and O–H groups in total. The lowest BCUT2D eigenvalue weighted by atomic mass is 10.4. The fraction of sp³-hybridized carbons (Fsp3) is 0.625. The monoisotopic (exact) mass is 173 g/mol. The molecule has 0 spiro atoms. The van der Waals surface area contributed by atoms with Crippen LogP contribution in [0.1, 0.15) is 13.8 Å². The van der Waals surface area contributed by atoms with Gasteiger partial charge < -0.3 is 14.8 Å². The van der Waals surface area contributed by atoms with E-state index in [2.05, 4.69) is 5.32 Å². The molecule has 4 nitrogen and oxygen atoms in total. The summed E-state index contributed by atoms with van der Waals surface area (Å²) >= 11 is 0. The number of hydrogen-bond donors (Lipinski definition) is 1. The van der Waals surface area contributed by atoms with E-state index in [-0.39, 0.29) is 11.7 Å². The van der Waals surface area contributed by atoms with Crippen LogP contribution in [-0.4, -0.2) is 26.7 Å². The average molecular weight is 173 g/mol. The molecule has 1 amide bonds. The number of hydrogen-bond acceptors (Lipinski definition) is 3. The van der Waals surface area contributed by atoms with Crippen LogP contribution in [0.2, 0.25) is 0 Å². The highest BCUT2D eigenvalue weighted by Gasteiger charge is 2.12. The number of rotatable bonds is 4. The third-order valence-corrected chi connectivity index (χ3v) is 1.37. The Morgan fingerprint density at radius 3 is 2.25 bits per heavy atom. The Kier molecular flexibility index (Phi) is 4.92. The Morgan fingerprint density at radius 2 is 1.92 bits per heavy atom. The molecule has 0 radical (unpaired) electrons. The number of ether oxygens (including phenoxy) is 2. The molecule has 0 heterocycles. The number of carbonyl (C=O) groups excluding carboxylic acids is 1. The maximum absolute atomic E-state index is 11.2. The number of methoxy groups -OCH3 is 2. The van der Waals surface area contributed by atoms with Gasteiger partial charge in [0.2, 0.25) is 5.76 Å². The van der Waals surface area contributed by atoms with E-state index in [1.807, 2.05) is 6.92 Å². The Bertz CT molecular complexity index is 187. The van der Waals surface area contributed by atoms with E-state index >= 15 is 0 Å². The van der Waals surface area contributed by atoms with E-state index in [4.69, 9.17) is 9.47 Å². The van der Waals surface area contributed by atoms with Crippen LogP contribution in [0.4, 0.5) is 0 Å². The molecule has 0 aliphatic heterocycles. The van der Waals surface area contributed by atoms with Crippen molar-refractivity contribution in [3.8, 4) is 0 Å². The molecule has 0 saturated heterocycles. The van der Waals surface area contributed by atoms with Crippen molar-refractivity contribution in [3.05, 3.63) is 11.5 Å². The van der Waals surface area contributed by atoms with E-state index < -0.39 is 0 Å². The SMILES string of the molecule is CCNC(=O)C(OC)=C(C)OC. The maximum atomic E-state index is 11.2. The summed E-state index contributed by atoms with van der Waals surface area (Å²) in [7, 11) is 2.93. The van der Waals surface area contributed by atoms with E-state index in [0.29, 0.717) is 12.3 Å². The van der Waals surface area contributed by atoms with Gasteiger partial charge in [-0.05, 0) is 13.8 Å². The molecule has 0 atom stereocenters. The molecule has 0 unspecified atom stereocenters. The standard InChI is InChI=1S/C8H15NO3/c1-5-9-8(10)7(12-4)6(2)11-3/h5H2,1-4H3,(H,9,10). The van der Waals surface area contributed by atoms with Gasteiger partial charge in [-0.3, -0.25) is 4.79 Å². The van der Waals surface area contributed by atoms with Crippen molar-refractivity contribution in [1.82, 2.24) is 5.32 Å². The second-order valence-corrected chi connectivity index (χ2v) is 2.15. The van der Waals surface area contributed by atoms with Crippen LogP contribution in [0.3, 0.4) is 0 Å². The van der Waals surface area contributed by atoms with Crippen LogP contribution < -0.4 is 5.32 Å². The van der Waals surface area contributed by atoms with Crippen molar-refractivity contribution >= 4 is 5.91 Å². The Labute approximate surface area is 72.5 Å². The maximum Gasteiger partial charge on any atom is 0.289 e. The lowest BCUT2D eigenvalue weighted by Crippen LogP contribution is -2.26. The first-order valence-corrected chi connectivity index (χ1v) is 3.74. The van der Waals surface area contributed by atoms with Crippen LogP contribution in [0.15, 0.2) is 11.5 Å². The zero-order chi connectivity index (χ0) is 9.56. The van der Waals surface area contributed by atoms with Gasteiger partial charge in [0, 0.05) is 6.54 Å². The molecular weight excluding hydrogens is 158 g/mol. The van der Waals surface area contributed by atoms with E-state index in [1.54, 1.807) is 6.92 Å². The number of likely N-dealkylation sites (N-methyl/N-ethyl adjacent to an activating group) is 1. The average Bonchev–Trinajstić information content (AvgIpc) is 2.06. The van der Waals surface area contributed by atoms with Crippen LogP contribution >= 0.6 is 0 Å². The summed E-state index contributed by atoms with van der Waals surface area (Å²) in [5.74, 6) is 0.446. The predicted octanol–water partition coefficient (Wildman–Crippen LogP) is 0.647. The smallest absolute Gasteiger partial charge is 0.289 e. The summed E-state index contributed by atoms with van der Waals surface area (Å²) < 4.78 is 9.72. The zero-order valence-corrected chi connectivity index (χ0v) is 7.93. The third kappa shape index (κ3) is 2.82. The highest BCUT2D eigenvalue weighted by atomic mass is 16.5. The fourth-order valence-corrected chi connectivity index (χ4v) is 0.730. The summed E-state index contributed by atoms with van der Waals surface area (Å²) in [5, 5.41) is 2.61. The summed E-state index contributed by atoms with van der Waals surface area (Å²) in [5.41, 5.74) is 0. The van der Waals surface area contributed by atoms with Gasteiger partial charge in [-0.25, -0.2) is 0 Å². The van der Waals surface area contributed by atoms with Gasteiger partial charge in [0.1, 0.15) is 5.76 Å². The van der Waals surface area contributed by atoms with E-state index in [1.165, 1.54) is 14.2 Å². The molecular formula is C8H15NO3. The van der Waals surface area contributed by atoms with Crippen molar-refractivity contribution < 1.29 is 14.3 Å². The molecule has 0 saturated carbocycles. The van der Waals surface area contributed by atoms with Gasteiger partial charge in [0.15, 0.2) is 0 Å². The number of nitrogens with one attached hydrogen (secondary N) is 1. The summed E-state index contributed by atoms with van der Waals surface area (Å²) in [4.78, 5) is 11.2. The van der Waals surface area contributed by atoms with Crippen molar-refractivity contribution in [3.63, 3.8) is 0 Å². The number of amides is 1. The summed E-state index contributed by atoms with van der Waals surface area (Å²) in [6, 6.07) is 0. The summed E-state index contributed by atoms with van der Waals surface area (Å²) in [6.45, 7) is 4.09. The van der Waals surface area contributed by atoms with Crippen molar-refractivity contribution in [2.24, 2.45) is 0 Å². The molecule has 0 fully saturated rings. The second-order valence-electron chi connectivity index (χ2n) is 2.15. The molecule has 0 bridgehead atoms. The normalized spacial score (nSPS) is 11.7. The van der Waals surface area contributed by atoms with Gasteiger partial charge in [0.05, 0.1) is 14.2 Å². The number of allylic oxidation sites excluding steroid dienone is 1. The quantitative estimate of drug-likeness (QED) is 0.501. The van der Waals surface area contributed by atoms with Gasteiger partial charge in [-0.2, -0.15) is 0 Å². The fourth-order valence-electron chi connectivity index (χ4n) is 0.730. The largest absolute Gasteiger partial charge is 0.497 e. The first kappa shape index (κ1) is 10.8. The molecule has 70 valence electrons. The first-order chi connectivity index (χ1) is 5.67. The minimum Gasteiger partial charge on any atom is -0.497 e. The van der Waals surface area contributed by atoms with Gasteiger partial charge in [-0.15, -0.1) is 0 Å². The zero-order valence-electron chi connectivity index (χ0n) is 7.93. The third-order valence-electron chi connectivity index (χ3n) is 1.37. The van der Waals surface area contributed by atoms with E-state index in [0.717, 1.165) is 0 Å². The molecule has 0 aromatic carbocycles. The first-order valence-electron chi connectivity index (χ1n) is 3.74. The van der Waals surface area contributed by atoms with Crippen molar-refractivity contribution in [2.75, 3.05) is 20.8 Å². The van der Waals surface area contributed by atoms with Crippen molar-refractivity contribution in [1.29, 1.82) is 0 Å². The molecule has 12 heavy (non-hydrogen) atoms. The molecule has 0 aliphatic carbocycles. The van der Waals surface area contributed by atoms with Gasteiger partial charge in [-0.1, -0.05) is 0 Å². The minimum atomic E-state index is -0.251. The predicted molar refractivity (Wildman–Crippen MR) is 45.4 cm³/mol. The van der Waals surface area contributed by atoms with Crippen LogP contribution in [0.5, 0.6) is 0 Å². The van der Waals surface area contributed by atoms with Crippen molar-refractivity contribution in [2.45, 2.75) is 13.8 Å². The Hall–Kier alpha value is -1.19. The van der Waals surface area contributed by atoms with E-state index in [9.17, 15) is 4.79 Å². The number of carbonyl (C=O) groups is 1. The summed E-state index contributed by atoms with van der Waals surface area (Å²) in [6.07, 6.45) is 0. The molecule has 0 aromatic rings. The lowest BCUT2D eigenvalue weighted by molar-refractivity contribution is -0.120. The van der Waals surface area contributed by atoms with Crippen LogP contribution in [0, 0.1) is 0 Å². The highest BCUT2D eigenvalue weighted by molar-refractivity contribution is 5.91. The van der Waals surface area contributed by atoms with Gasteiger partial charge in [0.25, 0.3) is 5.91 Å². The molecule has 0 rings (SSSR count). The minimum absolute atomic E-state index is 0.222. The van der Waals surface area contributed by atoms with Crippen LogP contribution in [0.25, 0.3) is 0 Å². The Morgan fingerprint density at radius 1 is 1.33 bits per heavy atom.